The fourth-order valence-corrected chi connectivity index (χ4v) is 6.11. The van der Waals surface area contributed by atoms with E-state index in [0.29, 0.717) is 42.1 Å². The van der Waals surface area contributed by atoms with Gasteiger partial charge >= 0.3 is 5.97 Å². The van der Waals surface area contributed by atoms with E-state index in [0.717, 1.165) is 38.5 Å². The summed E-state index contributed by atoms with van der Waals surface area (Å²) in [6.45, 7) is 2.77. The molecule has 2 aromatic heterocycles. The second kappa shape index (κ2) is 8.37. The molecule has 0 unspecified atom stereocenters. The molecule has 0 aliphatic carbocycles. The molecule has 198 valence electrons. The largest absolute Gasteiger partial charge is 0.458 e. The van der Waals surface area contributed by atoms with Gasteiger partial charge < -0.3 is 20.1 Å². The molecule has 0 bridgehead atoms. The minimum atomic E-state index is -1.87. The standard InChI is InChI=1S/C29H28N6O4/c1-3-29(38)22-10-24-26-20(14-35(24)27(36)21(22)15-39-28(29)37)19(13-34-12-17(11-30)33(2)32-34)25-18-7-5-4-6-16(18)8-9-23(25)31-26/h4-10,12,32,38H,3,11,13-15,30H2,1-2H3/t29-/m0/s1. The summed E-state index contributed by atoms with van der Waals surface area (Å²) >= 11 is 0. The fraction of sp³-hybridized carbons (Fsp3) is 0.276. The number of aromatic nitrogens is 2. The molecular weight excluding hydrogens is 496 g/mol. The van der Waals surface area contributed by atoms with Crippen LogP contribution in [0.2, 0.25) is 0 Å². The van der Waals surface area contributed by atoms with E-state index < -0.39 is 11.6 Å². The van der Waals surface area contributed by atoms with E-state index in [1.54, 1.807) is 17.6 Å². The summed E-state index contributed by atoms with van der Waals surface area (Å²) in [7, 11) is 1.92. The van der Waals surface area contributed by atoms with Crippen molar-refractivity contribution in [3.8, 4) is 11.4 Å². The first-order valence-electron chi connectivity index (χ1n) is 13.0. The van der Waals surface area contributed by atoms with Crippen molar-refractivity contribution < 1.29 is 14.6 Å². The van der Waals surface area contributed by atoms with Gasteiger partial charge in [-0.3, -0.25) is 14.8 Å². The van der Waals surface area contributed by atoms with E-state index in [-0.39, 0.29) is 18.6 Å². The van der Waals surface area contributed by atoms with Crippen molar-refractivity contribution in [3.63, 3.8) is 0 Å². The summed E-state index contributed by atoms with van der Waals surface area (Å²) < 4.78 is 6.91. The quantitative estimate of drug-likeness (QED) is 0.240. The Kier molecular flexibility index (Phi) is 5.12. The van der Waals surface area contributed by atoms with Crippen LogP contribution >= 0.6 is 0 Å². The normalized spacial score (nSPS) is 19.8. The lowest BCUT2D eigenvalue weighted by molar-refractivity contribution is -0.172. The summed E-state index contributed by atoms with van der Waals surface area (Å²) in [4.78, 5) is 31.4. The van der Waals surface area contributed by atoms with Gasteiger partial charge in [0, 0.05) is 36.3 Å². The number of hydrogen-bond donors (Lipinski definition) is 3. The lowest BCUT2D eigenvalue weighted by Gasteiger charge is -2.31. The SMILES string of the molecule is CC[C@@]1(O)C(=O)OCc2c1cc1n(c2=O)Cc2c-1nc1ccc3ccccc3c1c2CN1C=C(CN)N(C)N1. The van der Waals surface area contributed by atoms with Crippen molar-refractivity contribution in [2.75, 3.05) is 13.6 Å². The Morgan fingerprint density at radius 2 is 2.00 bits per heavy atom. The first kappa shape index (κ1) is 23.8. The third-order valence-electron chi connectivity index (χ3n) is 8.24. The average Bonchev–Trinajstić information content (AvgIpc) is 3.50. The lowest BCUT2D eigenvalue weighted by Crippen LogP contribution is -2.44. The monoisotopic (exact) mass is 524 g/mol. The molecular formula is C29H28N6O4. The Hall–Kier alpha value is -4.25. The first-order valence-corrected chi connectivity index (χ1v) is 13.0. The Balaban J connectivity index is 1.50. The van der Waals surface area contributed by atoms with Gasteiger partial charge in [-0.1, -0.05) is 37.3 Å². The molecule has 1 atom stereocenters. The van der Waals surface area contributed by atoms with Crippen molar-refractivity contribution in [1.29, 1.82) is 0 Å². The summed E-state index contributed by atoms with van der Waals surface area (Å²) in [6, 6.07) is 14.0. The summed E-state index contributed by atoms with van der Waals surface area (Å²) in [5, 5.41) is 18.3. The molecule has 10 heteroatoms. The number of esters is 1. The second-order valence-electron chi connectivity index (χ2n) is 10.3. The van der Waals surface area contributed by atoms with Gasteiger partial charge in [0.05, 0.1) is 41.3 Å². The van der Waals surface area contributed by atoms with Crippen molar-refractivity contribution in [1.82, 2.24) is 25.1 Å². The zero-order valence-electron chi connectivity index (χ0n) is 21.7. The fourth-order valence-electron chi connectivity index (χ4n) is 6.11. The number of hydrazine groups is 2. The van der Waals surface area contributed by atoms with Crippen LogP contribution < -0.4 is 16.8 Å². The van der Waals surface area contributed by atoms with Crippen molar-refractivity contribution in [2.24, 2.45) is 5.73 Å². The number of nitrogens with one attached hydrogen (secondary N) is 1. The van der Waals surface area contributed by atoms with E-state index in [9.17, 15) is 14.7 Å². The van der Waals surface area contributed by atoms with E-state index in [4.69, 9.17) is 15.5 Å². The number of hydrogen-bond acceptors (Lipinski definition) is 9. The summed E-state index contributed by atoms with van der Waals surface area (Å²) in [5.41, 5.74) is 12.7. The van der Waals surface area contributed by atoms with Gasteiger partial charge in [-0.2, -0.15) is 0 Å². The molecule has 3 aliphatic heterocycles. The molecule has 0 radical (unpaired) electrons. The van der Waals surface area contributed by atoms with Gasteiger partial charge in [-0.05, 0) is 34.9 Å². The van der Waals surface area contributed by atoms with Gasteiger partial charge in [0.2, 0.25) is 0 Å². The second-order valence-corrected chi connectivity index (χ2v) is 10.3. The molecule has 2 aromatic carbocycles. The number of carbonyl (C=O) groups excluding carboxylic acids is 1. The van der Waals surface area contributed by atoms with E-state index in [1.165, 1.54) is 0 Å². The van der Waals surface area contributed by atoms with Crippen LogP contribution in [0.15, 0.2) is 59.2 Å². The van der Waals surface area contributed by atoms with Gasteiger partial charge in [-0.15, -0.1) is 5.53 Å². The molecule has 39 heavy (non-hydrogen) atoms. The van der Waals surface area contributed by atoms with Gasteiger partial charge in [0.25, 0.3) is 5.56 Å². The zero-order valence-corrected chi connectivity index (χ0v) is 21.7. The van der Waals surface area contributed by atoms with E-state index in [2.05, 4.69) is 23.7 Å². The maximum Gasteiger partial charge on any atom is 0.343 e. The van der Waals surface area contributed by atoms with E-state index in [1.807, 2.05) is 41.5 Å². The highest BCUT2D eigenvalue weighted by Crippen LogP contribution is 2.42. The minimum absolute atomic E-state index is 0.0981. The number of rotatable bonds is 4. The topological polar surface area (TPSA) is 126 Å². The van der Waals surface area contributed by atoms with Gasteiger partial charge in [0.1, 0.15) is 6.61 Å². The maximum atomic E-state index is 13.8. The predicted octanol–water partition coefficient (Wildman–Crippen LogP) is 2.20. The average molecular weight is 525 g/mol. The number of cyclic esters (lactones) is 1. The summed E-state index contributed by atoms with van der Waals surface area (Å²) in [6.07, 6.45) is 2.09. The van der Waals surface area contributed by atoms with Crippen molar-refractivity contribution in [2.45, 2.75) is 38.6 Å². The molecule has 0 spiro atoms. The Morgan fingerprint density at radius 1 is 1.18 bits per heavy atom. The smallest absolute Gasteiger partial charge is 0.343 e. The highest BCUT2D eigenvalue weighted by atomic mass is 16.6. The zero-order chi connectivity index (χ0) is 27.1. The Bertz CT molecular complexity index is 1810. The molecule has 10 nitrogen and oxygen atoms in total. The molecule has 4 aromatic rings. The van der Waals surface area contributed by atoms with Crippen LogP contribution in [0.3, 0.4) is 0 Å². The lowest BCUT2D eigenvalue weighted by atomic mass is 9.86. The molecule has 7 rings (SSSR count). The Labute approximate surface area is 223 Å². The number of pyridine rings is 2. The number of aliphatic hydroxyl groups is 1. The molecule has 0 saturated carbocycles. The number of fused-ring (bicyclic) bond motifs is 7. The highest BCUT2D eigenvalue weighted by molar-refractivity contribution is 6.09. The van der Waals surface area contributed by atoms with Gasteiger partial charge in [0.15, 0.2) is 5.60 Å². The van der Waals surface area contributed by atoms with Crippen LogP contribution in [0.5, 0.6) is 0 Å². The number of benzene rings is 2. The van der Waals surface area contributed by atoms with Crippen LogP contribution in [0.4, 0.5) is 0 Å². The van der Waals surface area contributed by atoms with Crippen molar-refractivity contribution in [3.05, 3.63) is 87.0 Å². The third kappa shape index (κ3) is 3.29. The Morgan fingerprint density at radius 3 is 2.77 bits per heavy atom. The summed E-state index contributed by atoms with van der Waals surface area (Å²) in [5.74, 6) is -0.731. The van der Waals surface area contributed by atoms with Gasteiger partial charge in [-0.25, -0.2) is 9.78 Å². The molecule has 0 saturated heterocycles. The minimum Gasteiger partial charge on any atom is -0.458 e. The van der Waals surface area contributed by atoms with Crippen LogP contribution in [0.25, 0.3) is 33.1 Å². The predicted molar refractivity (Wildman–Crippen MR) is 146 cm³/mol. The molecule has 3 aliphatic rings. The first-order chi connectivity index (χ1) is 18.8. The highest BCUT2D eigenvalue weighted by Gasteiger charge is 2.45. The third-order valence-corrected chi connectivity index (χ3v) is 8.24. The molecule has 0 fully saturated rings. The molecule has 4 N–H and O–H groups in total. The van der Waals surface area contributed by atoms with Crippen molar-refractivity contribution >= 4 is 27.6 Å². The number of nitrogens with zero attached hydrogens (tertiary/aromatic N) is 4. The number of nitrogens with two attached hydrogens (primary N) is 1. The molecule has 5 heterocycles. The van der Waals surface area contributed by atoms with Crippen LogP contribution in [0, 0.1) is 0 Å². The number of likely N-dealkylation sites (N-methyl/N-ethyl adjacent to an activating group) is 1. The molecule has 0 amide bonds. The van der Waals surface area contributed by atoms with Crippen LogP contribution in [-0.4, -0.2) is 44.2 Å². The van der Waals surface area contributed by atoms with Crippen LogP contribution in [0.1, 0.15) is 35.6 Å². The van der Waals surface area contributed by atoms with E-state index >= 15 is 0 Å². The number of carbonyl (C=O) groups is 1. The van der Waals surface area contributed by atoms with Crippen LogP contribution in [-0.2, 0) is 34.8 Å². The number of ether oxygens (including phenoxy) is 1. The maximum absolute atomic E-state index is 13.8.